The van der Waals surface area contributed by atoms with Crippen LogP contribution in [0.5, 0.6) is 0 Å². The lowest BCUT2D eigenvalue weighted by atomic mass is 9.98. The molecule has 3 aromatic carbocycles. The number of hydrogen-bond acceptors (Lipinski definition) is 4. The summed E-state index contributed by atoms with van der Waals surface area (Å²) in [5.74, 6) is -0.954. The lowest BCUT2D eigenvalue weighted by molar-refractivity contribution is -0.134. The lowest BCUT2D eigenvalue weighted by Crippen LogP contribution is -2.54. The molecular formula is C24H23N3O3. The molecule has 0 unspecified atom stereocenters. The number of benzene rings is 3. The minimum atomic E-state index is -0.941. The Kier molecular flexibility index (Phi) is 5.35. The maximum Gasteiger partial charge on any atom is 0.267 e. The molecule has 0 spiro atoms. The Hall–Kier alpha value is -3.48. The van der Waals surface area contributed by atoms with E-state index in [1.54, 1.807) is 18.5 Å². The largest absolute Gasteiger partial charge is 0.326 e. The van der Waals surface area contributed by atoms with Gasteiger partial charge in [-0.15, -0.1) is 0 Å². The van der Waals surface area contributed by atoms with E-state index in [9.17, 15) is 9.59 Å². The van der Waals surface area contributed by atoms with Gasteiger partial charge in [-0.1, -0.05) is 60.7 Å². The van der Waals surface area contributed by atoms with Gasteiger partial charge in [0.25, 0.3) is 11.8 Å². The van der Waals surface area contributed by atoms with Crippen molar-refractivity contribution in [2.75, 3.05) is 0 Å². The SMILES string of the molecule is C[C@@H](N)[C@@H](C(=O)NO)N1Cc2cc(-c3ccc(-c4ccccc4)cc3)ccc2C1=O. The molecule has 152 valence electrons. The molecule has 6 nitrogen and oxygen atoms in total. The zero-order chi connectivity index (χ0) is 21.3. The van der Waals surface area contributed by atoms with Crippen molar-refractivity contribution in [3.05, 3.63) is 83.9 Å². The number of hydroxylamine groups is 1. The number of nitrogens with two attached hydrogens (primary N) is 1. The van der Waals surface area contributed by atoms with Crippen LogP contribution in [0.3, 0.4) is 0 Å². The van der Waals surface area contributed by atoms with Crippen molar-refractivity contribution in [2.24, 2.45) is 5.73 Å². The molecule has 0 saturated carbocycles. The molecule has 0 saturated heterocycles. The Labute approximate surface area is 174 Å². The zero-order valence-electron chi connectivity index (χ0n) is 16.6. The number of amides is 2. The van der Waals surface area contributed by atoms with Crippen LogP contribution in [0.1, 0.15) is 22.8 Å². The summed E-state index contributed by atoms with van der Waals surface area (Å²) in [6.07, 6.45) is 0. The summed E-state index contributed by atoms with van der Waals surface area (Å²) in [6, 6.07) is 22.5. The van der Waals surface area contributed by atoms with E-state index in [0.29, 0.717) is 5.56 Å². The first-order valence-corrected chi connectivity index (χ1v) is 9.79. The molecule has 4 rings (SSSR count). The monoisotopic (exact) mass is 401 g/mol. The van der Waals surface area contributed by atoms with E-state index >= 15 is 0 Å². The second-order valence-electron chi connectivity index (χ2n) is 7.53. The van der Waals surface area contributed by atoms with E-state index in [1.165, 1.54) is 4.90 Å². The summed E-state index contributed by atoms with van der Waals surface area (Å²) in [6.45, 7) is 1.90. The molecule has 1 aliphatic heterocycles. The third-order valence-corrected chi connectivity index (χ3v) is 5.48. The molecular weight excluding hydrogens is 378 g/mol. The standard InChI is InChI=1S/C24H23N3O3/c1-15(25)22(23(28)26-30)27-14-20-13-19(11-12-21(20)24(27)29)18-9-7-17(8-10-18)16-5-3-2-4-6-16/h2-13,15,22,30H,14,25H2,1H3,(H,26,28)/t15-,22+/m1/s1. The molecule has 1 heterocycles. The first-order valence-electron chi connectivity index (χ1n) is 9.79. The second kappa shape index (κ2) is 8.10. The van der Waals surface area contributed by atoms with E-state index in [4.69, 9.17) is 10.9 Å². The topological polar surface area (TPSA) is 95.7 Å². The van der Waals surface area contributed by atoms with Crippen LogP contribution < -0.4 is 11.2 Å². The normalized spacial score (nSPS) is 14.9. The number of fused-ring (bicyclic) bond motifs is 1. The maximum absolute atomic E-state index is 12.8. The quantitative estimate of drug-likeness (QED) is 0.452. The molecule has 30 heavy (non-hydrogen) atoms. The van der Waals surface area contributed by atoms with Crippen molar-refractivity contribution in [1.82, 2.24) is 10.4 Å². The van der Waals surface area contributed by atoms with Crippen LogP contribution in [0.2, 0.25) is 0 Å². The van der Waals surface area contributed by atoms with Crippen LogP contribution in [0.25, 0.3) is 22.3 Å². The van der Waals surface area contributed by atoms with Gasteiger partial charge < -0.3 is 10.6 Å². The van der Waals surface area contributed by atoms with Gasteiger partial charge in [-0.2, -0.15) is 0 Å². The third kappa shape index (κ3) is 3.58. The van der Waals surface area contributed by atoms with Crippen LogP contribution in [0.15, 0.2) is 72.8 Å². The number of carbonyl (C=O) groups excluding carboxylic acids is 2. The highest BCUT2D eigenvalue weighted by Gasteiger charge is 2.38. The molecule has 0 aliphatic carbocycles. The van der Waals surface area contributed by atoms with Crippen LogP contribution in [-0.2, 0) is 11.3 Å². The summed E-state index contributed by atoms with van der Waals surface area (Å²) in [5.41, 5.74) is 13.2. The predicted molar refractivity (Wildman–Crippen MR) is 115 cm³/mol. The van der Waals surface area contributed by atoms with Gasteiger partial charge >= 0.3 is 0 Å². The van der Waals surface area contributed by atoms with E-state index in [1.807, 2.05) is 30.3 Å². The molecule has 4 N–H and O–H groups in total. The average Bonchev–Trinajstić information content (AvgIpc) is 3.09. The number of nitrogens with zero attached hydrogens (tertiary/aromatic N) is 1. The van der Waals surface area contributed by atoms with Gasteiger partial charge in [-0.3, -0.25) is 14.8 Å². The number of rotatable bonds is 5. The van der Waals surface area contributed by atoms with E-state index in [0.717, 1.165) is 27.8 Å². The molecule has 1 aliphatic rings. The van der Waals surface area contributed by atoms with Gasteiger partial charge in [0.2, 0.25) is 0 Å². The molecule has 0 fully saturated rings. The third-order valence-electron chi connectivity index (χ3n) is 5.48. The lowest BCUT2D eigenvalue weighted by Gasteiger charge is -2.28. The van der Waals surface area contributed by atoms with E-state index < -0.39 is 18.0 Å². The van der Waals surface area contributed by atoms with Crippen LogP contribution >= 0.6 is 0 Å². The highest BCUT2D eigenvalue weighted by Crippen LogP contribution is 2.31. The van der Waals surface area contributed by atoms with Crippen molar-refractivity contribution in [2.45, 2.75) is 25.6 Å². The Morgan fingerprint density at radius 2 is 1.53 bits per heavy atom. The smallest absolute Gasteiger partial charge is 0.267 e. The average molecular weight is 401 g/mol. The molecule has 2 amide bonds. The maximum atomic E-state index is 12.8. The zero-order valence-corrected chi connectivity index (χ0v) is 16.6. The summed E-state index contributed by atoms with van der Waals surface area (Å²) < 4.78 is 0. The fourth-order valence-electron chi connectivity index (χ4n) is 3.96. The summed E-state index contributed by atoms with van der Waals surface area (Å²) in [7, 11) is 0. The molecule has 0 radical (unpaired) electrons. The molecule has 6 heteroatoms. The van der Waals surface area contributed by atoms with Crippen molar-refractivity contribution in [3.8, 4) is 22.3 Å². The van der Waals surface area contributed by atoms with Gasteiger partial charge in [0.05, 0.1) is 0 Å². The van der Waals surface area contributed by atoms with Crippen molar-refractivity contribution in [3.63, 3.8) is 0 Å². The minimum Gasteiger partial charge on any atom is -0.326 e. The van der Waals surface area contributed by atoms with E-state index in [2.05, 4.69) is 36.4 Å². The fourth-order valence-corrected chi connectivity index (χ4v) is 3.96. The summed E-state index contributed by atoms with van der Waals surface area (Å²) in [5, 5.41) is 9.02. The predicted octanol–water partition coefficient (Wildman–Crippen LogP) is 3.20. The van der Waals surface area contributed by atoms with Gasteiger partial charge in [0, 0.05) is 18.2 Å². The van der Waals surface area contributed by atoms with Crippen molar-refractivity contribution < 1.29 is 14.8 Å². The fraction of sp³-hybridized carbons (Fsp3) is 0.167. The van der Waals surface area contributed by atoms with Gasteiger partial charge in [0.15, 0.2) is 0 Å². The van der Waals surface area contributed by atoms with Crippen molar-refractivity contribution in [1.29, 1.82) is 0 Å². The first kappa shape index (κ1) is 19.8. The van der Waals surface area contributed by atoms with Crippen molar-refractivity contribution >= 4 is 11.8 Å². The van der Waals surface area contributed by atoms with Crippen LogP contribution in [0, 0.1) is 0 Å². The van der Waals surface area contributed by atoms with E-state index in [-0.39, 0.29) is 12.5 Å². The highest BCUT2D eigenvalue weighted by molar-refractivity contribution is 6.01. The van der Waals surface area contributed by atoms with Crippen LogP contribution in [-0.4, -0.2) is 34.0 Å². The second-order valence-corrected chi connectivity index (χ2v) is 7.53. The number of hydrogen-bond donors (Lipinski definition) is 3. The summed E-state index contributed by atoms with van der Waals surface area (Å²) >= 11 is 0. The minimum absolute atomic E-state index is 0.262. The molecule has 0 bridgehead atoms. The molecule has 0 aromatic heterocycles. The van der Waals surface area contributed by atoms with Gasteiger partial charge in [-0.05, 0) is 46.9 Å². The Balaban J connectivity index is 1.61. The number of carbonyl (C=O) groups is 2. The van der Waals surface area contributed by atoms with Gasteiger partial charge in [0.1, 0.15) is 6.04 Å². The summed E-state index contributed by atoms with van der Waals surface area (Å²) in [4.78, 5) is 26.3. The Bertz CT molecular complexity index is 1080. The Morgan fingerprint density at radius 3 is 2.13 bits per heavy atom. The van der Waals surface area contributed by atoms with Gasteiger partial charge in [-0.25, -0.2) is 5.48 Å². The van der Waals surface area contributed by atoms with Crippen LogP contribution in [0.4, 0.5) is 0 Å². The highest BCUT2D eigenvalue weighted by atomic mass is 16.5. The Morgan fingerprint density at radius 1 is 0.967 bits per heavy atom. The molecule has 3 aromatic rings. The first-order chi connectivity index (χ1) is 14.5. The number of nitrogens with one attached hydrogen (secondary N) is 1. The molecule has 2 atom stereocenters.